The van der Waals surface area contributed by atoms with Crippen molar-refractivity contribution in [2.24, 2.45) is 0 Å². The highest BCUT2D eigenvalue weighted by molar-refractivity contribution is 5.86. The second-order valence-corrected chi connectivity index (χ2v) is 3.14. The van der Waals surface area contributed by atoms with Crippen molar-refractivity contribution in [2.75, 3.05) is 13.7 Å². The quantitative estimate of drug-likeness (QED) is 0.443. The second kappa shape index (κ2) is 7.09. The molecule has 0 radical (unpaired) electrons. The van der Waals surface area contributed by atoms with Gasteiger partial charge in [0.1, 0.15) is 12.4 Å². The monoisotopic (exact) mass is 230 g/mol. The van der Waals surface area contributed by atoms with Crippen molar-refractivity contribution in [3.63, 3.8) is 0 Å². The van der Waals surface area contributed by atoms with Gasteiger partial charge < -0.3 is 9.47 Å². The number of hydrogen-bond donors (Lipinski definition) is 0. The van der Waals surface area contributed by atoms with E-state index < -0.39 is 0 Å². The first-order valence-electron chi connectivity index (χ1n) is 5.09. The van der Waals surface area contributed by atoms with E-state index in [1.807, 2.05) is 24.3 Å². The molecule has 3 nitrogen and oxygen atoms in total. The van der Waals surface area contributed by atoms with Crippen LogP contribution in [0.4, 0.5) is 0 Å². The van der Waals surface area contributed by atoms with E-state index in [0.29, 0.717) is 6.61 Å². The molecule has 0 saturated carbocycles. The van der Waals surface area contributed by atoms with Gasteiger partial charge >= 0.3 is 5.97 Å². The van der Waals surface area contributed by atoms with Crippen LogP contribution in [0.1, 0.15) is 5.56 Å². The molecule has 17 heavy (non-hydrogen) atoms. The first-order valence-corrected chi connectivity index (χ1v) is 5.09. The molecule has 1 aromatic rings. The van der Waals surface area contributed by atoms with Crippen molar-refractivity contribution in [2.45, 2.75) is 0 Å². The Hall–Kier alpha value is -2.25. The molecule has 0 aliphatic carbocycles. The smallest absolute Gasteiger partial charge is 0.330 e. The number of esters is 1. The normalized spacial score (nSPS) is 9.71. The largest absolute Gasteiger partial charge is 0.489 e. The molecule has 0 N–H and O–H groups in total. The predicted octanol–water partition coefficient (Wildman–Crippen LogP) is 2.59. The van der Waals surface area contributed by atoms with Gasteiger partial charge in [-0.05, 0) is 29.8 Å². The topological polar surface area (TPSA) is 35.5 Å². The van der Waals surface area contributed by atoms with E-state index in [1.165, 1.54) is 13.2 Å². The van der Waals surface area contributed by atoms with E-state index in [9.17, 15) is 4.79 Å². The number of benzene rings is 1. The molecule has 0 aliphatic rings. The molecule has 0 saturated heterocycles. The van der Waals surface area contributed by atoms with E-state index in [2.05, 4.69) is 17.0 Å². The van der Waals surface area contributed by atoms with Crippen molar-refractivity contribution in [1.29, 1.82) is 0 Å². The molecule has 0 atom stereocenters. The summed E-state index contributed by atoms with van der Waals surface area (Å²) in [5, 5.41) is 0. The molecular weight excluding hydrogens is 216 g/mol. The van der Waals surface area contributed by atoms with Crippen LogP contribution in [-0.4, -0.2) is 19.7 Å². The van der Waals surface area contributed by atoms with Crippen LogP contribution in [0, 0.1) is 0 Å². The molecule has 0 amide bonds. The predicted molar refractivity (Wildman–Crippen MR) is 66.7 cm³/mol. The molecule has 1 aromatic carbocycles. The zero-order chi connectivity index (χ0) is 12.5. The summed E-state index contributed by atoms with van der Waals surface area (Å²) in [6.07, 6.45) is 4.75. The SMILES string of the molecule is C=C=CCOc1ccc(/C=C/C(=O)OC)cc1. The van der Waals surface area contributed by atoms with E-state index >= 15 is 0 Å². The van der Waals surface area contributed by atoms with Gasteiger partial charge in [-0.2, -0.15) is 0 Å². The molecule has 0 aliphatic heterocycles. The maximum absolute atomic E-state index is 10.9. The summed E-state index contributed by atoms with van der Waals surface area (Å²) in [4.78, 5) is 10.9. The highest BCUT2D eigenvalue weighted by Crippen LogP contribution is 2.13. The van der Waals surface area contributed by atoms with Crippen LogP contribution < -0.4 is 4.74 Å². The Labute approximate surface area is 101 Å². The van der Waals surface area contributed by atoms with E-state index in [1.54, 1.807) is 12.2 Å². The third kappa shape index (κ3) is 4.87. The minimum atomic E-state index is -0.374. The van der Waals surface area contributed by atoms with Gasteiger partial charge in [0.2, 0.25) is 0 Å². The van der Waals surface area contributed by atoms with Gasteiger partial charge in [-0.3, -0.25) is 0 Å². The van der Waals surface area contributed by atoms with Crippen molar-refractivity contribution >= 4 is 12.0 Å². The average molecular weight is 230 g/mol. The van der Waals surface area contributed by atoms with Gasteiger partial charge in [0.15, 0.2) is 0 Å². The van der Waals surface area contributed by atoms with Crippen molar-refractivity contribution < 1.29 is 14.3 Å². The van der Waals surface area contributed by atoms with Crippen LogP contribution >= 0.6 is 0 Å². The highest BCUT2D eigenvalue weighted by atomic mass is 16.5. The summed E-state index contributed by atoms with van der Waals surface area (Å²) in [5.74, 6) is 0.383. The molecule has 0 unspecified atom stereocenters. The van der Waals surface area contributed by atoms with Crippen LogP contribution in [0.3, 0.4) is 0 Å². The molecule has 0 fully saturated rings. The first kappa shape index (κ1) is 12.8. The molecule has 0 bridgehead atoms. The Bertz CT molecular complexity index is 437. The maximum Gasteiger partial charge on any atom is 0.330 e. The third-order valence-electron chi connectivity index (χ3n) is 1.97. The van der Waals surface area contributed by atoms with Crippen LogP contribution in [0.2, 0.25) is 0 Å². The fourth-order valence-corrected chi connectivity index (χ4v) is 1.10. The van der Waals surface area contributed by atoms with Gasteiger partial charge in [0.25, 0.3) is 0 Å². The van der Waals surface area contributed by atoms with Crippen LogP contribution in [0.5, 0.6) is 5.75 Å². The zero-order valence-corrected chi connectivity index (χ0v) is 9.68. The summed E-state index contributed by atoms with van der Waals surface area (Å²) in [6, 6.07) is 7.36. The van der Waals surface area contributed by atoms with Crippen LogP contribution in [0.25, 0.3) is 6.08 Å². The van der Waals surface area contributed by atoms with Gasteiger partial charge in [-0.15, -0.1) is 5.73 Å². The van der Waals surface area contributed by atoms with Crippen LogP contribution in [-0.2, 0) is 9.53 Å². The second-order valence-electron chi connectivity index (χ2n) is 3.14. The lowest BCUT2D eigenvalue weighted by Gasteiger charge is -2.02. The van der Waals surface area contributed by atoms with Crippen molar-refractivity contribution in [1.82, 2.24) is 0 Å². The molecule has 3 heteroatoms. The summed E-state index contributed by atoms with van der Waals surface area (Å²) in [6.45, 7) is 3.89. The minimum Gasteiger partial charge on any atom is -0.489 e. The minimum absolute atomic E-state index is 0.374. The molecule has 0 heterocycles. The van der Waals surface area contributed by atoms with E-state index in [-0.39, 0.29) is 5.97 Å². The van der Waals surface area contributed by atoms with Gasteiger partial charge in [0.05, 0.1) is 7.11 Å². The van der Waals surface area contributed by atoms with Gasteiger partial charge in [0, 0.05) is 6.08 Å². The first-order chi connectivity index (χ1) is 8.26. The van der Waals surface area contributed by atoms with E-state index in [0.717, 1.165) is 11.3 Å². The average Bonchev–Trinajstić information content (AvgIpc) is 2.37. The molecule has 0 spiro atoms. The van der Waals surface area contributed by atoms with Crippen molar-refractivity contribution in [3.05, 3.63) is 54.3 Å². The standard InChI is InChI=1S/C14H14O3/c1-3-4-11-17-13-8-5-12(6-9-13)7-10-14(15)16-2/h4-10H,1,11H2,2H3/b10-7+. The number of rotatable bonds is 5. The Morgan fingerprint density at radius 1 is 1.41 bits per heavy atom. The highest BCUT2D eigenvalue weighted by Gasteiger charge is 1.94. The Kier molecular flexibility index (Phi) is 5.35. The Morgan fingerprint density at radius 2 is 2.12 bits per heavy atom. The van der Waals surface area contributed by atoms with Gasteiger partial charge in [-0.25, -0.2) is 4.79 Å². The summed E-state index contributed by atoms with van der Waals surface area (Å²) in [7, 11) is 1.34. The van der Waals surface area contributed by atoms with Gasteiger partial charge in [-0.1, -0.05) is 18.7 Å². The fraction of sp³-hybridized carbons (Fsp3) is 0.143. The fourth-order valence-electron chi connectivity index (χ4n) is 1.10. The lowest BCUT2D eigenvalue weighted by Crippen LogP contribution is -1.93. The molecule has 0 aromatic heterocycles. The Balaban J connectivity index is 2.58. The lowest BCUT2D eigenvalue weighted by molar-refractivity contribution is -0.134. The molecule has 88 valence electrons. The third-order valence-corrected chi connectivity index (χ3v) is 1.97. The Morgan fingerprint density at radius 3 is 2.71 bits per heavy atom. The summed E-state index contributed by atoms with van der Waals surface area (Å²) >= 11 is 0. The number of methoxy groups -OCH3 is 1. The maximum atomic E-state index is 10.9. The summed E-state index contributed by atoms with van der Waals surface area (Å²) in [5.41, 5.74) is 3.53. The lowest BCUT2D eigenvalue weighted by atomic mass is 10.2. The molecule has 1 rings (SSSR count). The summed E-state index contributed by atoms with van der Waals surface area (Å²) < 4.78 is 9.87. The number of ether oxygens (including phenoxy) is 2. The van der Waals surface area contributed by atoms with Crippen LogP contribution in [0.15, 0.2) is 48.7 Å². The number of carbonyl (C=O) groups is 1. The van der Waals surface area contributed by atoms with Crippen molar-refractivity contribution in [3.8, 4) is 5.75 Å². The zero-order valence-electron chi connectivity index (χ0n) is 9.68. The molecular formula is C14H14O3. The number of hydrogen-bond acceptors (Lipinski definition) is 3. The number of carbonyl (C=O) groups excluding carboxylic acids is 1. The van der Waals surface area contributed by atoms with E-state index in [4.69, 9.17) is 4.74 Å².